The molecule has 9 heavy (non-hydrogen) atoms. The molecule has 0 atom stereocenters. The highest BCUT2D eigenvalue weighted by Crippen LogP contribution is 2.26. The third-order valence-electron chi connectivity index (χ3n) is 0.843. The highest BCUT2D eigenvalue weighted by molar-refractivity contribution is 8.02. The fraction of sp³-hybridized carbons (Fsp3) is 0.875. The van der Waals surface area contributed by atoms with Crippen molar-refractivity contribution in [2.75, 3.05) is 0 Å². The molecule has 0 aromatic carbocycles. The first-order valence-corrected chi connectivity index (χ1v) is 4.43. The van der Waals surface area contributed by atoms with E-state index < -0.39 is 0 Å². The lowest BCUT2D eigenvalue weighted by atomic mass is 10.3. The van der Waals surface area contributed by atoms with Crippen molar-refractivity contribution in [1.82, 2.24) is 0 Å². The van der Waals surface area contributed by atoms with Gasteiger partial charge >= 0.3 is 0 Å². The van der Waals surface area contributed by atoms with E-state index in [0.29, 0.717) is 4.75 Å². The van der Waals surface area contributed by atoms with E-state index in [0.717, 1.165) is 0 Å². The second-order valence-electron chi connectivity index (χ2n) is 3.19. The van der Waals surface area contributed by atoms with Crippen LogP contribution >= 0.6 is 11.8 Å². The molecular weight excluding hydrogens is 128 g/mol. The molecule has 0 aromatic heterocycles. The Hall–Kier alpha value is 0.350. The summed E-state index contributed by atoms with van der Waals surface area (Å²) < 4.78 is 0.412. The molecular formula is C8H17S. The molecule has 0 spiro atoms. The molecule has 0 rings (SSSR count). The third kappa shape index (κ3) is 8.35. The van der Waals surface area contributed by atoms with E-state index in [1.807, 2.05) is 11.8 Å². The zero-order valence-corrected chi connectivity index (χ0v) is 7.72. The van der Waals surface area contributed by atoms with Crippen LogP contribution in [-0.4, -0.2) is 4.75 Å². The van der Waals surface area contributed by atoms with Gasteiger partial charge in [0.05, 0.1) is 0 Å². The largest absolute Gasteiger partial charge is 0.151 e. The predicted molar refractivity (Wildman–Crippen MR) is 46.6 cm³/mol. The smallest absolute Gasteiger partial charge is 0.0171 e. The van der Waals surface area contributed by atoms with Crippen LogP contribution in [0, 0.1) is 5.75 Å². The van der Waals surface area contributed by atoms with Gasteiger partial charge in [-0.3, -0.25) is 0 Å². The molecule has 0 nitrogen and oxygen atoms in total. The highest BCUT2D eigenvalue weighted by Gasteiger charge is 2.08. The van der Waals surface area contributed by atoms with E-state index in [2.05, 4.69) is 33.4 Å². The number of rotatable bonds is 3. The van der Waals surface area contributed by atoms with Gasteiger partial charge in [-0.1, -0.05) is 34.1 Å². The summed E-state index contributed by atoms with van der Waals surface area (Å²) in [5.41, 5.74) is 0. The topological polar surface area (TPSA) is 0 Å². The van der Waals surface area contributed by atoms with Gasteiger partial charge in [-0.25, -0.2) is 0 Å². The van der Waals surface area contributed by atoms with Crippen LogP contribution in [0.15, 0.2) is 0 Å². The van der Waals surface area contributed by atoms with Crippen LogP contribution in [0.2, 0.25) is 0 Å². The highest BCUT2D eigenvalue weighted by atomic mass is 32.2. The fourth-order valence-electron chi connectivity index (χ4n) is 0.427. The Labute approximate surface area is 63.4 Å². The molecule has 0 amide bonds. The Morgan fingerprint density at radius 2 is 1.89 bits per heavy atom. The van der Waals surface area contributed by atoms with Crippen LogP contribution < -0.4 is 0 Å². The van der Waals surface area contributed by atoms with E-state index in [1.54, 1.807) is 0 Å². The minimum atomic E-state index is 0.412. The Morgan fingerprint density at radius 1 is 1.33 bits per heavy atom. The summed E-state index contributed by atoms with van der Waals surface area (Å²) in [6, 6.07) is 0. The van der Waals surface area contributed by atoms with E-state index in [4.69, 9.17) is 0 Å². The SMILES string of the molecule is CCC[CH]SC(C)(C)C. The predicted octanol–water partition coefficient (Wildman–Crippen LogP) is 3.48. The van der Waals surface area contributed by atoms with Crippen molar-refractivity contribution in [3.8, 4) is 0 Å². The quantitative estimate of drug-likeness (QED) is 0.548. The number of hydrogen-bond acceptors (Lipinski definition) is 1. The first kappa shape index (κ1) is 9.35. The molecule has 55 valence electrons. The van der Waals surface area contributed by atoms with Crippen LogP contribution in [0.4, 0.5) is 0 Å². The molecule has 1 heteroatoms. The standard InChI is InChI=1S/C8H17S/c1-5-6-7-9-8(2,3)4/h7H,5-6H2,1-4H3. The number of hydrogen-bond donors (Lipinski definition) is 0. The second kappa shape index (κ2) is 4.21. The van der Waals surface area contributed by atoms with Crippen molar-refractivity contribution in [2.45, 2.75) is 45.3 Å². The monoisotopic (exact) mass is 145 g/mol. The first-order valence-electron chi connectivity index (χ1n) is 3.56. The van der Waals surface area contributed by atoms with Gasteiger partial charge < -0.3 is 0 Å². The lowest BCUT2D eigenvalue weighted by molar-refractivity contribution is 0.802. The minimum absolute atomic E-state index is 0.412. The molecule has 0 aliphatic rings. The van der Waals surface area contributed by atoms with Crippen molar-refractivity contribution in [3.05, 3.63) is 5.75 Å². The van der Waals surface area contributed by atoms with E-state index in [-0.39, 0.29) is 0 Å². The van der Waals surface area contributed by atoms with Gasteiger partial charge in [0.15, 0.2) is 0 Å². The fourth-order valence-corrected chi connectivity index (χ4v) is 1.28. The molecule has 0 saturated heterocycles. The number of unbranched alkanes of at least 4 members (excludes halogenated alkanes) is 1. The normalized spacial score (nSPS) is 12.0. The van der Waals surface area contributed by atoms with E-state index in [1.165, 1.54) is 12.8 Å². The van der Waals surface area contributed by atoms with Crippen molar-refractivity contribution in [3.63, 3.8) is 0 Å². The second-order valence-corrected chi connectivity index (χ2v) is 4.98. The summed E-state index contributed by atoms with van der Waals surface area (Å²) in [7, 11) is 0. The van der Waals surface area contributed by atoms with Gasteiger partial charge in [0.2, 0.25) is 0 Å². The van der Waals surface area contributed by atoms with Crippen molar-refractivity contribution >= 4 is 11.8 Å². The van der Waals surface area contributed by atoms with Crippen LogP contribution in [0.3, 0.4) is 0 Å². The number of thioether (sulfide) groups is 1. The average Bonchev–Trinajstić information content (AvgIpc) is 1.63. The molecule has 0 aliphatic carbocycles. The maximum absolute atomic E-state index is 2.31. The minimum Gasteiger partial charge on any atom is -0.151 e. The first-order chi connectivity index (χ1) is 4.06. The van der Waals surface area contributed by atoms with Crippen molar-refractivity contribution in [2.24, 2.45) is 0 Å². The lowest BCUT2D eigenvalue weighted by Crippen LogP contribution is -2.06. The zero-order chi connectivity index (χ0) is 7.33. The Bertz CT molecular complexity index is 61.5. The van der Waals surface area contributed by atoms with Crippen LogP contribution in [0.25, 0.3) is 0 Å². The van der Waals surface area contributed by atoms with Gasteiger partial charge in [-0.2, -0.15) is 11.8 Å². The average molecular weight is 145 g/mol. The molecule has 0 N–H and O–H groups in total. The van der Waals surface area contributed by atoms with Crippen LogP contribution in [0.1, 0.15) is 40.5 Å². The summed E-state index contributed by atoms with van der Waals surface area (Å²) in [6.07, 6.45) is 2.50. The van der Waals surface area contributed by atoms with Gasteiger partial charge in [0.25, 0.3) is 0 Å². The molecule has 0 heterocycles. The maximum atomic E-state index is 2.31. The summed E-state index contributed by atoms with van der Waals surface area (Å²) in [5, 5.41) is 0. The van der Waals surface area contributed by atoms with Gasteiger partial charge in [0.1, 0.15) is 0 Å². The van der Waals surface area contributed by atoms with E-state index in [9.17, 15) is 0 Å². The molecule has 0 aromatic rings. The van der Waals surface area contributed by atoms with Gasteiger partial charge in [-0.15, -0.1) is 0 Å². The van der Waals surface area contributed by atoms with Crippen molar-refractivity contribution in [1.29, 1.82) is 0 Å². The van der Waals surface area contributed by atoms with Gasteiger partial charge in [0, 0.05) is 10.5 Å². The van der Waals surface area contributed by atoms with Crippen LogP contribution in [0.5, 0.6) is 0 Å². The van der Waals surface area contributed by atoms with Crippen molar-refractivity contribution < 1.29 is 0 Å². The maximum Gasteiger partial charge on any atom is 0.0171 e. The third-order valence-corrected chi connectivity index (χ3v) is 1.95. The molecule has 0 bridgehead atoms. The summed E-state index contributed by atoms with van der Waals surface area (Å²) >= 11 is 1.93. The van der Waals surface area contributed by atoms with Crippen LogP contribution in [-0.2, 0) is 0 Å². The summed E-state index contributed by atoms with van der Waals surface area (Å²) in [6.45, 7) is 8.93. The Morgan fingerprint density at radius 3 is 2.22 bits per heavy atom. The van der Waals surface area contributed by atoms with Gasteiger partial charge in [-0.05, 0) is 6.42 Å². The molecule has 0 saturated carbocycles. The summed E-state index contributed by atoms with van der Waals surface area (Å²) in [4.78, 5) is 0. The summed E-state index contributed by atoms with van der Waals surface area (Å²) in [5.74, 6) is 2.31. The zero-order valence-electron chi connectivity index (χ0n) is 6.90. The molecule has 0 aliphatic heterocycles. The Kier molecular flexibility index (Phi) is 4.37. The Balaban J connectivity index is 3.07. The molecule has 0 unspecified atom stereocenters. The lowest BCUT2D eigenvalue weighted by Gasteiger charge is -2.16. The molecule has 1 radical (unpaired) electrons. The van der Waals surface area contributed by atoms with E-state index >= 15 is 0 Å². The molecule has 0 fully saturated rings.